The van der Waals surface area contributed by atoms with Crippen molar-refractivity contribution in [2.45, 2.75) is 31.7 Å². The second-order valence-corrected chi connectivity index (χ2v) is 7.94. The molecule has 0 aromatic heterocycles. The zero-order valence-corrected chi connectivity index (χ0v) is 13.4. The number of hydrogen-bond acceptors (Lipinski definition) is 4. The predicted octanol–water partition coefficient (Wildman–Crippen LogP) is 1.89. The molecule has 0 N–H and O–H groups in total. The highest BCUT2D eigenvalue weighted by Crippen LogP contribution is 2.23. The van der Waals surface area contributed by atoms with Crippen LogP contribution >= 0.6 is 10.7 Å². The van der Waals surface area contributed by atoms with Gasteiger partial charge in [-0.2, -0.15) is 0 Å². The molecular weight excluding hydrogens is 314 g/mol. The number of carbonyl (C=O) groups is 1. The minimum atomic E-state index is -3.68. The first-order valence-corrected chi connectivity index (χ1v) is 9.14. The predicted molar refractivity (Wildman–Crippen MR) is 80.4 cm³/mol. The van der Waals surface area contributed by atoms with Gasteiger partial charge in [-0.15, -0.1) is 0 Å². The number of hydrogen-bond donors (Lipinski definition) is 0. The fourth-order valence-electron chi connectivity index (χ4n) is 2.26. The molecule has 0 radical (unpaired) electrons. The fourth-order valence-corrected chi connectivity index (χ4v) is 3.32. The van der Waals surface area contributed by atoms with E-state index in [9.17, 15) is 13.2 Å². The van der Waals surface area contributed by atoms with E-state index in [-0.39, 0.29) is 18.9 Å². The zero-order chi connectivity index (χ0) is 15.5. The molecular formula is C14H18ClNO4S. The van der Waals surface area contributed by atoms with E-state index in [2.05, 4.69) is 0 Å². The molecule has 1 unspecified atom stereocenters. The number of halogens is 1. The highest BCUT2D eigenvalue weighted by molar-refractivity contribution is 8.14. The molecule has 21 heavy (non-hydrogen) atoms. The number of nitrogens with zero attached hydrogens (tertiary/aromatic N) is 1. The van der Waals surface area contributed by atoms with Gasteiger partial charge in [-0.25, -0.2) is 8.42 Å². The summed E-state index contributed by atoms with van der Waals surface area (Å²) >= 11 is 0. The molecule has 0 bridgehead atoms. The average Bonchev–Trinajstić information content (AvgIpc) is 2.79. The molecule has 1 aromatic carbocycles. The van der Waals surface area contributed by atoms with Gasteiger partial charge in [-0.3, -0.25) is 4.79 Å². The lowest BCUT2D eigenvalue weighted by Crippen LogP contribution is -2.26. The van der Waals surface area contributed by atoms with Crippen LogP contribution in [0.3, 0.4) is 0 Å². The quantitative estimate of drug-likeness (QED) is 0.747. The Morgan fingerprint density at radius 3 is 2.43 bits per heavy atom. The Bertz CT molecular complexity index is 600. The summed E-state index contributed by atoms with van der Waals surface area (Å²) in [6.07, 6.45) is -0.0335. The van der Waals surface area contributed by atoms with Crippen LogP contribution < -0.4 is 0 Å². The molecule has 7 heteroatoms. The summed E-state index contributed by atoms with van der Waals surface area (Å²) in [6, 6.07) is 7.73. The summed E-state index contributed by atoms with van der Waals surface area (Å²) in [5.74, 6) is -0.178. The molecule has 2 rings (SSSR count). The second-order valence-electron chi connectivity index (χ2n) is 5.03. The highest BCUT2D eigenvalue weighted by Gasteiger charge is 2.37. The lowest BCUT2D eigenvalue weighted by atomic mass is 10.1. The van der Waals surface area contributed by atoms with Crippen LogP contribution in [-0.4, -0.2) is 37.6 Å². The van der Waals surface area contributed by atoms with Gasteiger partial charge in [0, 0.05) is 36.8 Å². The van der Waals surface area contributed by atoms with Gasteiger partial charge < -0.3 is 9.64 Å². The molecule has 0 saturated carbocycles. The number of ether oxygens (including phenoxy) is 1. The van der Waals surface area contributed by atoms with E-state index < -0.39 is 14.3 Å². The van der Waals surface area contributed by atoms with Crippen LogP contribution in [0, 0.1) is 0 Å². The van der Waals surface area contributed by atoms with Gasteiger partial charge in [-0.1, -0.05) is 24.3 Å². The Morgan fingerprint density at radius 2 is 1.90 bits per heavy atom. The molecule has 1 aliphatic rings. The van der Waals surface area contributed by atoms with Crippen LogP contribution in [0.25, 0.3) is 0 Å². The Hall–Kier alpha value is -1.11. The Kier molecular flexibility index (Phi) is 5.24. The van der Waals surface area contributed by atoms with Gasteiger partial charge in [0.15, 0.2) is 0 Å². The van der Waals surface area contributed by atoms with Gasteiger partial charge >= 0.3 is 0 Å². The maximum atomic E-state index is 11.8. The SMILES string of the molecule is CCOCc1ccc(CN2CC(S(=O)(=O)Cl)CC2=O)cc1. The molecule has 1 aromatic rings. The van der Waals surface area contributed by atoms with Crippen LogP contribution in [0.1, 0.15) is 24.5 Å². The number of benzene rings is 1. The lowest BCUT2D eigenvalue weighted by molar-refractivity contribution is -0.128. The van der Waals surface area contributed by atoms with Gasteiger partial charge in [0.25, 0.3) is 0 Å². The van der Waals surface area contributed by atoms with Crippen molar-refractivity contribution in [3.8, 4) is 0 Å². The number of likely N-dealkylation sites (tertiary alicyclic amines) is 1. The van der Waals surface area contributed by atoms with E-state index >= 15 is 0 Å². The summed E-state index contributed by atoms with van der Waals surface area (Å²) in [5.41, 5.74) is 2.02. The van der Waals surface area contributed by atoms with E-state index in [1.54, 1.807) is 0 Å². The minimum absolute atomic E-state index is 0.0335. The van der Waals surface area contributed by atoms with Crippen molar-refractivity contribution in [2.75, 3.05) is 13.2 Å². The fraction of sp³-hybridized carbons (Fsp3) is 0.500. The van der Waals surface area contributed by atoms with Crippen molar-refractivity contribution in [2.24, 2.45) is 0 Å². The number of carbonyl (C=O) groups excluding carboxylic acids is 1. The third kappa shape index (κ3) is 4.43. The van der Waals surface area contributed by atoms with Crippen molar-refractivity contribution >= 4 is 25.6 Å². The molecule has 5 nitrogen and oxygen atoms in total. The molecule has 1 aliphatic heterocycles. The van der Waals surface area contributed by atoms with E-state index in [0.29, 0.717) is 19.8 Å². The van der Waals surface area contributed by atoms with Gasteiger partial charge in [0.05, 0.1) is 6.61 Å². The first kappa shape index (κ1) is 16.3. The summed E-state index contributed by atoms with van der Waals surface area (Å²) in [4.78, 5) is 13.4. The van der Waals surface area contributed by atoms with E-state index in [1.807, 2.05) is 31.2 Å². The minimum Gasteiger partial charge on any atom is -0.377 e. The number of amides is 1. The Labute approximate surface area is 129 Å². The van der Waals surface area contributed by atoms with Crippen LogP contribution in [-0.2, 0) is 31.7 Å². The van der Waals surface area contributed by atoms with Gasteiger partial charge in [0.2, 0.25) is 15.0 Å². The molecule has 1 atom stereocenters. The summed E-state index contributed by atoms with van der Waals surface area (Å²) in [7, 11) is 1.64. The lowest BCUT2D eigenvalue weighted by Gasteiger charge is -2.16. The second kappa shape index (κ2) is 6.77. The molecule has 0 aliphatic carbocycles. The van der Waals surface area contributed by atoms with Crippen molar-refractivity contribution in [3.63, 3.8) is 0 Å². The van der Waals surface area contributed by atoms with E-state index in [0.717, 1.165) is 11.1 Å². The van der Waals surface area contributed by atoms with Gasteiger partial charge in [0.1, 0.15) is 5.25 Å². The standard InChI is InChI=1S/C14H18ClNO4S/c1-2-20-10-12-5-3-11(4-6-12)8-16-9-13(7-14(16)17)21(15,18)19/h3-6,13H,2,7-10H2,1H3. The normalized spacial score (nSPS) is 19.2. The largest absolute Gasteiger partial charge is 0.377 e. The third-order valence-electron chi connectivity index (χ3n) is 3.45. The highest BCUT2D eigenvalue weighted by atomic mass is 35.7. The van der Waals surface area contributed by atoms with Crippen molar-refractivity contribution in [1.82, 2.24) is 4.90 Å². The topological polar surface area (TPSA) is 63.7 Å². The Balaban J connectivity index is 1.97. The first-order chi connectivity index (χ1) is 9.90. The summed E-state index contributed by atoms with van der Waals surface area (Å²) in [6.45, 7) is 3.72. The summed E-state index contributed by atoms with van der Waals surface area (Å²) in [5, 5.41) is -0.802. The van der Waals surface area contributed by atoms with Gasteiger partial charge in [-0.05, 0) is 18.1 Å². The monoisotopic (exact) mass is 331 g/mol. The molecule has 1 amide bonds. The molecule has 1 heterocycles. The summed E-state index contributed by atoms with van der Waals surface area (Å²) < 4.78 is 27.9. The van der Waals surface area contributed by atoms with Crippen LogP contribution in [0.2, 0.25) is 0 Å². The average molecular weight is 332 g/mol. The molecule has 116 valence electrons. The third-order valence-corrected chi connectivity index (χ3v) is 5.31. The van der Waals surface area contributed by atoms with Crippen LogP contribution in [0.4, 0.5) is 0 Å². The zero-order valence-electron chi connectivity index (χ0n) is 11.8. The van der Waals surface area contributed by atoms with Crippen molar-refractivity contribution in [3.05, 3.63) is 35.4 Å². The number of rotatable bonds is 6. The molecule has 1 fully saturated rings. The maximum absolute atomic E-state index is 11.8. The maximum Gasteiger partial charge on any atom is 0.237 e. The first-order valence-electron chi connectivity index (χ1n) is 6.77. The molecule has 1 saturated heterocycles. The van der Waals surface area contributed by atoms with E-state index in [4.69, 9.17) is 15.4 Å². The van der Waals surface area contributed by atoms with Crippen molar-refractivity contribution in [1.29, 1.82) is 0 Å². The van der Waals surface area contributed by atoms with Crippen LogP contribution in [0.15, 0.2) is 24.3 Å². The molecule has 0 spiro atoms. The smallest absolute Gasteiger partial charge is 0.237 e. The van der Waals surface area contributed by atoms with E-state index in [1.165, 1.54) is 4.90 Å². The van der Waals surface area contributed by atoms with Crippen molar-refractivity contribution < 1.29 is 17.9 Å². The Morgan fingerprint density at radius 1 is 1.29 bits per heavy atom. The van der Waals surface area contributed by atoms with Crippen LogP contribution in [0.5, 0.6) is 0 Å².